The summed E-state index contributed by atoms with van der Waals surface area (Å²) in [5, 5.41) is 13.0. The zero-order valence-electron chi connectivity index (χ0n) is 14.4. The van der Waals surface area contributed by atoms with Gasteiger partial charge >= 0.3 is 0 Å². The summed E-state index contributed by atoms with van der Waals surface area (Å²) in [5.41, 5.74) is 2.98. The van der Waals surface area contributed by atoms with Crippen molar-refractivity contribution >= 4 is 24.2 Å². The van der Waals surface area contributed by atoms with Gasteiger partial charge in [0.15, 0.2) is 0 Å². The molecule has 0 unspecified atom stereocenters. The van der Waals surface area contributed by atoms with Crippen molar-refractivity contribution in [3.05, 3.63) is 39.9 Å². The Morgan fingerprint density at radius 1 is 1.29 bits per heavy atom. The van der Waals surface area contributed by atoms with Crippen molar-refractivity contribution in [2.45, 2.75) is 52.1 Å². The molecule has 1 spiro atoms. The third-order valence-corrected chi connectivity index (χ3v) is 5.82. The topological polar surface area (TPSA) is 56.1 Å². The molecule has 4 nitrogen and oxygen atoms in total. The largest absolute Gasteiger partial charge is 0.328 e. The average Bonchev–Trinajstić information content (AvgIpc) is 2.54. The number of thiol groups is 1. The maximum atomic E-state index is 12.4. The van der Waals surface area contributed by atoms with E-state index in [9.17, 15) is 10.1 Å². The predicted octanol–water partition coefficient (Wildman–Crippen LogP) is 3.81. The van der Waals surface area contributed by atoms with Gasteiger partial charge in [-0.3, -0.25) is 4.79 Å². The first-order valence-electron chi connectivity index (χ1n) is 8.41. The molecule has 0 radical (unpaired) electrons. The second-order valence-corrected chi connectivity index (χ2v) is 7.51. The molecular weight excluding hydrogens is 318 g/mol. The highest BCUT2D eigenvalue weighted by molar-refractivity contribution is 7.84. The molecule has 0 saturated heterocycles. The second-order valence-electron chi connectivity index (χ2n) is 7.08. The van der Waals surface area contributed by atoms with Crippen LogP contribution >= 0.6 is 12.6 Å². The van der Waals surface area contributed by atoms with Gasteiger partial charge in [-0.25, -0.2) is 0 Å². The molecule has 24 heavy (non-hydrogen) atoms. The lowest BCUT2D eigenvalue weighted by atomic mass is 9.80. The number of benzene rings is 1. The van der Waals surface area contributed by atoms with E-state index in [-0.39, 0.29) is 11.5 Å². The summed E-state index contributed by atoms with van der Waals surface area (Å²) in [6, 6.07) is 8.24. The van der Waals surface area contributed by atoms with Gasteiger partial charge in [0.2, 0.25) is 0 Å². The van der Waals surface area contributed by atoms with Crippen LogP contribution in [0.25, 0.3) is 0 Å². The molecule has 1 fully saturated rings. The zero-order chi connectivity index (χ0) is 17.5. The first-order valence-corrected chi connectivity index (χ1v) is 8.86. The number of carbonyl (C=O) groups is 1. The molecule has 0 aromatic heterocycles. The monoisotopic (exact) mass is 341 g/mol. The highest BCUT2D eigenvalue weighted by Crippen LogP contribution is 2.43. The molecule has 1 aliphatic carbocycles. The van der Waals surface area contributed by atoms with Crippen LogP contribution in [0.1, 0.15) is 43.7 Å². The number of rotatable bonds is 1. The Labute approximate surface area is 148 Å². The van der Waals surface area contributed by atoms with Crippen molar-refractivity contribution in [3.8, 4) is 6.07 Å². The fourth-order valence-electron chi connectivity index (χ4n) is 3.67. The Hall–Kier alpha value is -1.93. The summed E-state index contributed by atoms with van der Waals surface area (Å²) in [6.45, 7) is 6.40. The van der Waals surface area contributed by atoms with Gasteiger partial charge in [-0.15, -0.1) is 12.6 Å². The number of hydrogen-bond donors (Lipinski definition) is 2. The fraction of sp³-hybridized carbons (Fsp3) is 0.474. The highest BCUT2D eigenvalue weighted by atomic mass is 32.1. The van der Waals surface area contributed by atoms with Gasteiger partial charge in [-0.1, -0.05) is 13.0 Å². The molecule has 2 aliphatic rings. The SMILES string of the molecule is Cc1ccc(N2C(S)=C(C#N)C(=O)NC23CCC(C)CC3)cc1C. The molecule has 0 atom stereocenters. The van der Waals surface area contributed by atoms with E-state index in [1.807, 2.05) is 12.1 Å². The van der Waals surface area contributed by atoms with E-state index in [4.69, 9.17) is 0 Å². The first-order chi connectivity index (χ1) is 11.4. The molecular formula is C19H23N3OS. The third-order valence-electron chi connectivity index (χ3n) is 5.40. The summed E-state index contributed by atoms with van der Waals surface area (Å²) in [7, 11) is 0. The number of carbonyl (C=O) groups excluding carboxylic acids is 1. The Bertz CT molecular complexity index is 754. The van der Waals surface area contributed by atoms with Crippen molar-refractivity contribution in [1.82, 2.24) is 5.32 Å². The molecule has 1 aromatic rings. The van der Waals surface area contributed by atoms with Gasteiger partial charge in [0.1, 0.15) is 17.3 Å². The van der Waals surface area contributed by atoms with Gasteiger partial charge in [-0.05, 0) is 68.7 Å². The number of hydrogen-bond acceptors (Lipinski definition) is 4. The van der Waals surface area contributed by atoms with Crippen LogP contribution in [-0.2, 0) is 4.79 Å². The number of nitrogens with zero attached hydrogens (tertiary/aromatic N) is 2. The number of aryl methyl sites for hydroxylation is 2. The van der Waals surface area contributed by atoms with Crippen LogP contribution in [0.4, 0.5) is 5.69 Å². The van der Waals surface area contributed by atoms with Crippen molar-refractivity contribution in [1.29, 1.82) is 5.26 Å². The number of nitrogens with one attached hydrogen (secondary N) is 1. The van der Waals surface area contributed by atoms with Crippen molar-refractivity contribution in [2.75, 3.05) is 4.90 Å². The quantitative estimate of drug-likeness (QED) is 0.764. The Kier molecular flexibility index (Phi) is 4.35. The van der Waals surface area contributed by atoms with E-state index < -0.39 is 5.66 Å². The van der Waals surface area contributed by atoms with E-state index in [1.54, 1.807) is 0 Å². The fourth-order valence-corrected chi connectivity index (χ4v) is 4.13. The summed E-state index contributed by atoms with van der Waals surface area (Å²) in [6.07, 6.45) is 3.81. The van der Waals surface area contributed by atoms with E-state index in [1.165, 1.54) is 11.1 Å². The molecule has 1 heterocycles. The molecule has 0 bridgehead atoms. The lowest BCUT2D eigenvalue weighted by Crippen LogP contribution is -2.64. The average molecular weight is 341 g/mol. The predicted molar refractivity (Wildman–Crippen MR) is 98.5 cm³/mol. The smallest absolute Gasteiger partial charge is 0.266 e. The van der Waals surface area contributed by atoms with Gasteiger partial charge in [0.05, 0.1) is 5.03 Å². The third kappa shape index (κ3) is 2.69. The Morgan fingerprint density at radius 2 is 1.96 bits per heavy atom. The maximum Gasteiger partial charge on any atom is 0.266 e. The van der Waals surface area contributed by atoms with Crippen LogP contribution in [0.5, 0.6) is 0 Å². The Balaban J connectivity index is 2.14. The standard InChI is InChI=1S/C19H23N3OS/c1-12-6-8-19(9-7-12)21-17(23)16(11-20)18(24)22(19)15-5-4-13(2)14(3)10-15/h4-5,10,12,24H,6-9H2,1-3H3,(H,21,23). The highest BCUT2D eigenvalue weighted by Gasteiger charge is 2.46. The van der Waals surface area contributed by atoms with Crippen LogP contribution in [0.2, 0.25) is 0 Å². The van der Waals surface area contributed by atoms with Gasteiger partial charge in [0.25, 0.3) is 5.91 Å². The summed E-state index contributed by atoms with van der Waals surface area (Å²) in [4.78, 5) is 14.5. The summed E-state index contributed by atoms with van der Waals surface area (Å²) >= 11 is 4.59. The van der Waals surface area contributed by atoms with Crippen LogP contribution in [0.3, 0.4) is 0 Å². The van der Waals surface area contributed by atoms with Gasteiger partial charge < -0.3 is 10.2 Å². The summed E-state index contributed by atoms with van der Waals surface area (Å²) < 4.78 is 0. The van der Waals surface area contributed by atoms with Crippen LogP contribution in [0, 0.1) is 31.1 Å². The van der Waals surface area contributed by atoms with Crippen LogP contribution < -0.4 is 10.2 Å². The second kappa shape index (κ2) is 6.18. The molecule has 1 N–H and O–H groups in total. The molecule has 1 aliphatic heterocycles. The molecule has 126 valence electrons. The normalized spacial score (nSPS) is 27.2. The van der Waals surface area contributed by atoms with E-state index in [2.05, 4.69) is 55.7 Å². The van der Waals surface area contributed by atoms with E-state index >= 15 is 0 Å². The Morgan fingerprint density at radius 3 is 2.54 bits per heavy atom. The molecule has 1 amide bonds. The van der Waals surface area contributed by atoms with E-state index in [0.717, 1.165) is 31.4 Å². The zero-order valence-corrected chi connectivity index (χ0v) is 15.3. The number of amides is 1. The minimum Gasteiger partial charge on any atom is -0.328 e. The molecule has 3 rings (SSSR count). The first kappa shape index (κ1) is 16.9. The molecule has 1 aromatic carbocycles. The van der Waals surface area contributed by atoms with Crippen molar-refractivity contribution in [2.24, 2.45) is 5.92 Å². The number of anilines is 1. The maximum absolute atomic E-state index is 12.4. The lowest BCUT2D eigenvalue weighted by molar-refractivity contribution is -0.120. The van der Waals surface area contributed by atoms with Gasteiger partial charge in [-0.2, -0.15) is 5.26 Å². The minimum atomic E-state index is -0.483. The van der Waals surface area contributed by atoms with E-state index in [0.29, 0.717) is 10.9 Å². The van der Waals surface area contributed by atoms with Crippen molar-refractivity contribution in [3.63, 3.8) is 0 Å². The van der Waals surface area contributed by atoms with Gasteiger partial charge in [0, 0.05) is 5.69 Å². The number of nitriles is 1. The minimum absolute atomic E-state index is 0.0841. The van der Waals surface area contributed by atoms with Crippen molar-refractivity contribution < 1.29 is 4.79 Å². The lowest BCUT2D eigenvalue weighted by Gasteiger charge is -2.51. The van der Waals surface area contributed by atoms with Crippen LogP contribution in [0.15, 0.2) is 28.8 Å². The molecule has 1 saturated carbocycles. The van der Waals surface area contributed by atoms with Crippen LogP contribution in [-0.4, -0.2) is 11.6 Å². The molecule has 5 heteroatoms. The summed E-state index contributed by atoms with van der Waals surface area (Å²) in [5.74, 6) is 0.343.